The maximum atomic E-state index is 6.23. The molecule has 0 amide bonds. The van der Waals surface area contributed by atoms with Gasteiger partial charge in [-0.15, -0.1) is 10.2 Å². The molecule has 0 aliphatic carbocycles. The van der Waals surface area contributed by atoms with Crippen molar-refractivity contribution in [3.8, 4) is 17.1 Å². The molecule has 0 saturated carbocycles. The van der Waals surface area contributed by atoms with E-state index in [1.54, 1.807) is 0 Å². The molecule has 1 atom stereocenters. The van der Waals surface area contributed by atoms with Crippen molar-refractivity contribution in [2.75, 3.05) is 11.6 Å². The van der Waals surface area contributed by atoms with Gasteiger partial charge in [-0.3, -0.25) is 0 Å². The zero-order chi connectivity index (χ0) is 18.1. The fraction of sp³-hybridized carbons (Fsp3) is 0.211. The van der Waals surface area contributed by atoms with Gasteiger partial charge in [0.05, 0.1) is 0 Å². The number of halogens is 1. The Bertz CT molecular complexity index is 949. The highest BCUT2D eigenvalue weighted by atomic mass is 79.9. The highest BCUT2D eigenvalue weighted by Crippen LogP contribution is 2.40. The average molecular weight is 429 g/mol. The molecule has 2 aromatic carbocycles. The summed E-state index contributed by atoms with van der Waals surface area (Å²) in [5.74, 6) is 0.485. The summed E-state index contributed by atoms with van der Waals surface area (Å²) in [6, 6.07) is 14.4. The first-order chi connectivity index (χ1) is 12.7. The number of hydrogen-bond acceptors (Lipinski definition) is 6. The Balaban J connectivity index is 1.83. The summed E-state index contributed by atoms with van der Waals surface area (Å²) in [6.07, 6.45) is 2.57. The van der Waals surface area contributed by atoms with Gasteiger partial charge in [0.2, 0.25) is 11.0 Å². The molecule has 1 aromatic heterocycles. The predicted octanol–water partition coefficient (Wildman–Crippen LogP) is 5.09. The second kappa shape index (κ2) is 7.25. The van der Waals surface area contributed by atoms with E-state index in [-0.39, 0.29) is 6.23 Å². The van der Waals surface area contributed by atoms with E-state index in [4.69, 9.17) is 4.74 Å². The molecule has 2 heterocycles. The summed E-state index contributed by atoms with van der Waals surface area (Å²) in [5.41, 5.74) is 4.81. The third kappa shape index (κ3) is 3.29. The third-order valence-corrected chi connectivity index (χ3v) is 5.29. The normalized spacial score (nSPS) is 15.3. The zero-order valence-corrected chi connectivity index (χ0v) is 16.8. The maximum Gasteiger partial charge on any atom is 0.247 e. The van der Waals surface area contributed by atoms with Crippen LogP contribution < -0.4 is 10.1 Å². The molecule has 1 N–H and O–H groups in total. The topological polar surface area (TPSA) is 59.9 Å². The second-order valence-corrected chi connectivity index (χ2v) is 7.57. The van der Waals surface area contributed by atoms with E-state index < -0.39 is 0 Å². The monoisotopic (exact) mass is 428 g/mol. The molecule has 0 bridgehead atoms. The van der Waals surface area contributed by atoms with Crippen LogP contribution in [0.1, 0.15) is 24.3 Å². The van der Waals surface area contributed by atoms with Crippen LogP contribution in [-0.2, 0) is 6.42 Å². The van der Waals surface area contributed by atoms with Gasteiger partial charge in [-0.2, -0.15) is 4.98 Å². The van der Waals surface area contributed by atoms with Gasteiger partial charge in [-0.25, -0.2) is 0 Å². The smallest absolute Gasteiger partial charge is 0.247 e. The molecule has 0 radical (unpaired) electrons. The van der Waals surface area contributed by atoms with Crippen LogP contribution in [0.2, 0.25) is 0 Å². The molecule has 0 fully saturated rings. The first-order valence-corrected chi connectivity index (χ1v) is 10.3. The van der Waals surface area contributed by atoms with E-state index in [0.717, 1.165) is 27.7 Å². The van der Waals surface area contributed by atoms with Crippen LogP contribution in [0.4, 0.5) is 5.69 Å². The van der Waals surface area contributed by atoms with Gasteiger partial charge in [0.15, 0.2) is 11.9 Å². The second-order valence-electron chi connectivity index (χ2n) is 5.88. The van der Waals surface area contributed by atoms with E-state index in [0.29, 0.717) is 16.7 Å². The molecule has 0 saturated heterocycles. The van der Waals surface area contributed by atoms with E-state index in [1.165, 1.54) is 17.3 Å². The molecular formula is C19H17BrN4OS. The Labute approximate surface area is 164 Å². The lowest BCUT2D eigenvalue weighted by atomic mass is 10.1. The molecule has 5 nitrogen and oxygen atoms in total. The highest BCUT2D eigenvalue weighted by molar-refractivity contribution is 9.10. The van der Waals surface area contributed by atoms with Gasteiger partial charge in [-0.1, -0.05) is 58.9 Å². The van der Waals surface area contributed by atoms with Crippen molar-refractivity contribution in [3.05, 3.63) is 58.1 Å². The van der Waals surface area contributed by atoms with Crippen molar-refractivity contribution in [2.45, 2.75) is 24.7 Å². The van der Waals surface area contributed by atoms with Crippen LogP contribution in [-0.4, -0.2) is 21.4 Å². The van der Waals surface area contributed by atoms with Crippen LogP contribution in [0.15, 0.2) is 52.1 Å². The molecule has 3 aromatic rings. The number of ether oxygens (including phenoxy) is 1. The fourth-order valence-electron chi connectivity index (χ4n) is 2.84. The van der Waals surface area contributed by atoms with Gasteiger partial charge in [0, 0.05) is 21.3 Å². The minimum absolute atomic E-state index is 0.353. The third-order valence-electron chi connectivity index (χ3n) is 4.26. The minimum Gasteiger partial charge on any atom is -0.448 e. The molecule has 4 rings (SSSR count). The van der Waals surface area contributed by atoms with Crippen LogP contribution >= 0.6 is 27.7 Å². The van der Waals surface area contributed by atoms with Crippen molar-refractivity contribution in [3.63, 3.8) is 0 Å². The van der Waals surface area contributed by atoms with Crippen LogP contribution in [0.5, 0.6) is 5.88 Å². The van der Waals surface area contributed by atoms with E-state index >= 15 is 0 Å². The van der Waals surface area contributed by atoms with Gasteiger partial charge in [0.1, 0.15) is 0 Å². The van der Waals surface area contributed by atoms with Crippen molar-refractivity contribution in [1.82, 2.24) is 15.2 Å². The van der Waals surface area contributed by atoms with Crippen LogP contribution in [0.3, 0.4) is 0 Å². The summed E-state index contributed by atoms with van der Waals surface area (Å²) in [6.45, 7) is 2.15. The molecular weight excluding hydrogens is 412 g/mol. The van der Waals surface area contributed by atoms with Crippen molar-refractivity contribution in [1.29, 1.82) is 0 Å². The Morgan fingerprint density at radius 1 is 1.15 bits per heavy atom. The zero-order valence-electron chi connectivity index (χ0n) is 14.4. The van der Waals surface area contributed by atoms with Crippen LogP contribution in [0.25, 0.3) is 11.3 Å². The number of aromatic nitrogens is 3. The highest BCUT2D eigenvalue weighted by Gasteiger charge is 2.26. The number of nitrogens with zero attached hydrogens (tertiary/aromatic N) is 3. The molecule has 1 aliphatic heterocycles. The minimum atomic E-state index is -0.353. The Kier molecular flexibility index (Phi) is 4.82. The number of fused-ring (bicyclic) bond motifs is 3. The Hall–Kier alpha value is -2.12. The molecule has 0 unspecified atom stereocenters. The molecule has 0 spiro atoms. The van der Waals surface area contributed by atoms with E-state index in [9.17, 15) is 0 Å². The SMILES string of the molecule is CCc1ccc([C@H]2Nc3ccc(Br)cc3-c3nnc(SC)nc3O2)cc1. The Morgan fingerprint density at radius 3 is 2.69 bits per heavy atom. The largest absolute Gasteiger partial charge is 0.448 e. The number of benzene rings is 2. The average Bonchev–Trinajstić information content (AvgIpc) is 2.84. The number of hydrogen-bond donors (Lipinski definition) is 1. The van der Waals surface area contributed by atoms with E-state index in [2.05, 4.69) is 67.6 Å². The number of anilines is 1. The van der Waals surface area contributed by atoms with Crippen molar-refractivity contribution in [2.24, 2.45) is 0 Å². The summed E-state index contributed by atoms with van der Waals surface area (Å²) in [5, 5.41) is 12.6. The van der Waals surface area contributed by atoms with Gasteiger partial charge in [0.25, 0.3) is 0 Å². The summed E-state index contributed by atoms with van der Waals surface area (Å²) in [4.78, 5) is 4.54. The summed E-state index contributed by atoms with van der Waals surface area (Å²) in [7, 11) is 0. The summed E-state index contributed by atoms with van der Waals surface area (Å²) < 4.78 is 7.19. The van der Waals surface area contributed by atoms with Gasteiger partial charge < -0.3 is 10.1 Å². The first kappa shape index (κ1) is 17.3. The lowest BCUT2D eigenvalue weighted by Crippen LogP contribution is -2.17. The lowest BCUT2D eigenvalue weighted by molar-refractivity contribution is 0.225. The first-order valence-electron chi connectivity index (χ1n) is 8.28. The predicted molar refractivity (Wildman–Crippen MR) is 108 cm³/mol. The molecule has 1 aliphatic rings. The maximum absolute atomic E-state index is 6.23. The number of thioether (sulfide) groups is 1. The van der Waals surface area contributed by atoms with Gasteiger partial charge in [-0.05, 0) is 36.4 Å². The summed E-state index contributed by atoms with van der Waals surface area (Å²) >= 11 is 4.97. The lowest BCUT2D eigenvalue weighted by Gasteiger charge is -2.19. The standard InChI is InChI=1S/C19H17BrN4OS/c1-3-11-4-6-12(7-5-11)17-21-15-9-8-13(20)10-14(15)16-18(25-17)22-19(26-2)24-23-16/h4-10,17,21H,3H2,1-2H3/t17-/m0/s1. The van der Waals surface area contributed by atoms with Crippen molar-refractivity contribution >= 4 is 33.4 Å². The van der Waals surface area contributed by atoms with Gasteiger partial charge >= 0.3 is 0 Å². The number of nitrogens with one attached hydrogen (secondary N) is 1. The molecule has 7 heteroatoms. The Morgan fingerprint density at radius 2 is 1.96 bits per heavy atom. The number of aryl methyl sites for hydroxylation is 1. The number of rotatable bonds is 3. The quantitative estimate of drug-likeness (QED) is 0.586. The van der Waals surface area contributed by atoms with Crippen molar-refractivity contribution < 1.29 is 4.74 Å². The fourth-order valence-corrected chi connectivity index (χ4v) is 3.49. The van der Waals surface area contributed by atoms with Crippen LogP contribution in [0, 0.1) is 0 Å². The van der Waals surface area contributed by atoms with E-state index in [1.807, 2.05) is 24.5 Å². The molecule has 26 heavy (non-hydrogen) atoms. The molecule has 132 valence electrons.